The van der Waals surface area contributed by atoms with E-state index >= 15 is 0 Å². The van der Waals surface area contributed by atoms with E-state index in [1.165, 1.54) is 10.9 Å². The van der Waals surface area contributed by atoms with Gasteiger partial charge in [0, 0.05) is 7.05 Å². The molecule has 0 aliphatic carbocycles. The fraction of sp³-hybridized carbons (Fsp3) is 0.286. The molecule has 0 radical (unpaired) electrons. The third-order valence-corrected chi connectivity index (χ3v) is 3.32. The largest absolute Gasteiger partial charge is 0.481 e. The van der Waals surface area contributed by atoms with Crippen LogP contribution in [0.15, 0.2) is 30.6 Å². The number of nitro groups is 1. The molecule has 0 amide bonds. The third kappa shape index (κ3) is 3.07. The average Bonchev–Trinajstić information content (AvgIpc) is 2.79. The molecule has 110 valence electrons. The highest BCUT2D eigenvalue weighted by Gasteiger charge is 2.32. The van der Waals surface area contributed by atoms with Gasteiger partial charge in [0.05, 0.1) is 0 Å². The first kappa shape index (κ1) is 14.7. The highest BCUT2D eigenvalue weighted by molar-refractivity contribution is 5.77. The van der Waals surface area contributed by atoms with E-state index < -0.39 is 22.6 Å². The van der Waals surface area contributed by atoms with Crippen LogP contribution in [0.25, 0.3) is 0 Å². The standard InChI is InChI=1S/C14H15N3O4/c1-9-3-5-10(6-4-9)7-11(14(18)19)12-13(17(20)21)15-8-16(12)2/h3-6,8,11H,7H2,1-2H3,(H,18,19). The minimum Gasteiger partial charge on any atom is -0.481 e. The van der Waals surface area contributed by atoms with Crippen LogP contribution in [0, 0.1) is 17.0 Å². The smallest absolute Gasteiger partial charge is 0.385 e. The Bertz CT molecular complexity index is 676. The predicted molar refractivity (Wildman–Crippen MR) is 75.1 cm³/mol. The van der Waals surface area contributed by atoms with Crippen LogP contribution in [0.2, 0.25) is 0 Å². The maximum atomic E-state index is 11.5. The van der Waals surface area contributed by atoms with Crippen molar-refractivity contribution in [2.24, 2.45) is 7.05 Å². The monoisotopic (exact) mass is 289 g/mol. The summed E-state index contributed by atoms with van der Waals surface area (Å²) in [5.41, 5.74) is 1.98. The Morgan fingerprint density at radius 1 is 1.43 bits per heavy atom. The number of imidazole rings is 1. The quantitative estimate of drug-likeness (QED) is 0.671. The number of carbonyl (C=O) groups is 1. The zero-order valence-corrected chi connectivity index (χ0v) is 11.7. The van der Waals surface area contributed by atoms with Crippen molar-refractivity contribution in [3.8, 4) is 0 Å². The maximum absolute atomic E-state index is 11.5. The second-order valence-electron chi connectivity index (χ2n) is 4.90. The van der Waals surface area contributed by atoms with E-state index in [0.717, 1.165) is 11.1 Å². The van der Waals surface area contributed by atoms with Gasteiger partial charge in [-0.25, -0.2) is 0 Å². The second-order valence-corrected chi connectivity index (χ2v) is 4.90. The Hall–Kier alpha value is -2.70. The summed E-state index contributed by atoms with van der Waals surface area (Å²) in [7, 11) is 1.56. The van der Waals surface area contributed by atoms with E-state index in [1.54, 1.807) is 7.05 Å². The van der Waals surface area contributed by atoms with E-state index in [9.17, 15) is 20.0 Å². The molecule has 1 unspecified atom stereocenters. The van der Waals surface area contributed by atoms with E-state index in [4.69, 9.17) is 0 Å². The molecule has 2 aromatic rings. The lowest BCUT2D eigenvalue weighted by Crippen LogP contribution is -2.18. The molecule has 1 N–H and O–H groups in total. The predicted octanol–water partition coefficient (Wildman–Crippen LogP) is 2.05. The fourth-order valence-corrected chi connectivity index (χ4v) is 2.23. The molecular formula is C14H15N3O4. The van der Waals surface area contributed by atoms with Crippen molar-refractivity contribution >= 4 is 11.8 Å². The highest BCUT2D eigenvalue weighted by atomic mass is 16.6. The van der Waals surface area contributed by atoms with Crippen LogP contribution in [0.5, 0.6) is 0 Å². The molecule has 0 fully saturated rings. The zero-order chi connectivity index (χ0) is 15.6. The van der Waals surface area contributed by atoms with Crippen LogP contribution in [0.4, 0.5) is 5.82 Å². The van der Waals surface area contributed by atoms with Crippen LogP contribution in [0.1, 0.15) is 22.7 Å². The van der Waals surface area contributed by atoms with Gasteiger partial charge in [0.25, 0.3) is 0 Å². The molecule has 21 heavy (non-hydrogen) atoms. The molecule has 2 rings (SSSR count). The number of hydrogen-bond donors (Lipinski definition) is 1. The molecule has 0 bridgehead atoms. The lowest BCUT2D eigenvalue weighted by molar-refractivity contribution is -0.390. The van der Waals surface area contributed by atoms with E-state index in [2.05, 4.69) is 4.98 Å². The Kier molecular flexibility index (Phi) is 4.02. The molecule has 1 aromatic carbocycles. The first-order chi connectivity index (χ1) is 9.90. The number of aromatic nitrogens is 2. The minimum absolute atomic E-state index is 0.105. The molecule has 0 spiro atoms. The van der Waals surface area contributed by atoms with Gasteiger partial charge in [-0.1, -0.05) is 29.8 Å². The SMILES string of the molecule is Cc1ccc(CC(C(=O)O)c2c([N+](=O)[O-])ncn2C)cc1. The molecule has 0 aliphatic heterocycles. The van der Waals surface area contributed by atoms with Gasteiger partial charge >= 0.3 is 11.8 Å². The molecule has 1 aromatic heterocycles. The first-order valence-electron chi connectivity index (χ1n) is 6.34. The van der Waals surface area contributed by atoms with Crippen molar-refractivity contribution < 1.29 is 14.8 Å². The Labute approximate surface area is 121 Å². The number of nitrogens with zero attached hydrogens (tertiary/aromatic N) is 3. The van der Waals surface area contributed by atoms with Crippen LogP contribution in [0.3, 0.4) is 0 Å². The van der Waals surface area contributed by atoms with E-state index in [1.807, 2.05) is 31.2 Å². The Balaban J connectivity index is 2.40. The summed E-state index contributed by atoms with van der Waals surface area (Å²) in [5, 5.41) is 20.4. The lowest BCUT2D eigenvalue weighted by atomic mass is 9.95. The number of carboxylic acid groups (broad SMARTS) is 1. The molecule has 7 nitrogen and oxygen atoms in total. The van der Waals surface area contributed by atoms with Crippen LogP contribution >= 0.6 is 0 Å². The number of carboxylic acids is 1. The van der Waals surface area contributed by atoms with Crippen LogP contribution in [-0.2, 0) is 18.3 Å². The van der Waals surface area contributed by atoms with E-state index in [-0.39, 0.29) is 12.1 Å². The van der Waals surface area contributed by atoms with Crippen molar-refractivity contribution in [3.63, 3.8) is 0 Å². The van der Waals surface area contributed by atoms with Crippen molar-refractivity contribution in [2.45, 2.75) is 19.3 Å². The van der Waals surface area contributed by atoms with Gasteiger partial charge in [-0.15, -0.1) is 0 Å². The molecule has 0 saturated carbocycles. The first-order valence-corrected chi connectivity index (χ1v) is 6.34. The summed E-state index contributed by atoms with van der Waals surface area (Å²) >= 11 is 0. The van der Waals surface area contributed by atoms with Gasteiger partial charge in [0.1, 0.15) is 11.6 Å². The van der Waals surface area contributed by atoms with Crippen molar-refractivity contribution in [1.29, 1.82) is 0 Å². The van der Waals surface area contributed by atoms with Crippen molar-refractivity contribution in [1.82, 2.24) is 9.55 Å². The number of benzene rings is 1. The van der Waals surface area contributed by atoms with Gasteiger partial charge in [-0.05, 0) is 28.8 Å². The normalized spacial score (nSPS) is 12.1. The van der Waals surface area contributed by atoms with Crippen molar-refractivity contribution in [2.75, 3.05) is 0 Å². The summed E-state index contributed by atoms with van der Waals surface area (Å²) in [4.78, 5) is 25.6. The fourth-order valence-electron chi connectivity index (χ4n) is 2.23. The van der Waals surface area contributed by atoms with Gasteiger partial charge < -0.3 is 19.8 Å². The number of aliphatic carboxylic acids is 1. The lowest BCUT2D eigenvalue weighted by Gasteiger charge is -2.12. The summed E-state index contributed by atoms with van der Waals surface area (Å²) < 4.78 is 1.39. The average molecular weight is 289 g/mol. The summed E-state index contributed by atoms with van der Waals surface area (Å²) in [6, 6.07) is 7.42. The number of aryl methyl sites for hydroxylation is 2. The number of hydrogen-bond acceptors (Lipinski definition) is 4. The van der Waals surface area contributed by atoms with Gasteiger partial charge in [0.2, 0.25) is 6.33 Å². The molecule has 1 heterocycles. The van der Waals surface area contributed by atoms with Gasteiger partial charge in [0.15, 0.2) is 0 Å². The Morgan fingerprint density at radius 2 is 2.05 bits per heavy atom. The molecule has 0 aliphatic rings. The minimum atomic E-state index is -1.11. The molecular weight excluding hydrogens is 274 g/mol. The Morgan fingerprint density at radius 3 is 2.57 bits per heavy atom. The maximum Gasteiger partial charge on any atom is 0.385 e. The van der Waals surface area contributed by atoms with Gasteiger partial charge in [-0.3, -0.25) is 4.79 Å². The molecule has 7 heteroatoms. The molecule has 0 saturated heterocycles. The van der Waals surface area contributed by atoms with Crippen LogP contribution in [-0.4, -0.2) is 25.6 Å². The second kappa shape index (κ2) is 5.74. The summed E-state index contributed by atoms with van der Waals surface area (Å²) in [6.45, 7) is 1.93. The highest BCUT2D eigenvalue weighted by Crippen LogP contribution is 2.28. The van der Waals surface area contributed by atoms with Gasteiger partial charge in [-0.2, -0.15) is 0 Å². The number of rotatable bonds is 5. The topological polar surface area (TPSA) is 98.3 Å². The van der Waals surface area contributed by atoms with E-state index in [0.29, 0.717) is 0 Å². The molecule has 1 atom stereocenters. The summed E-state index contributed by atoms with van der Waals surface area (Å²) in [6.07, 6.45) is 1.44. The zero-order valence-electron chi connectivity index (χ0n) is 11.7. The summed E-state index contributed by atoms with van der Waals surface area (Å²) in [5.74, 6) is -2.53. The van der Waals surface area contributed by atoms with Crippen LogP contribution < -0.4 is 0 Å². The third-order valence-electron chi connectivity index (χ3n) is 3.32. The van der Waals surface area contributed by atoms with Crippen molar-refractivity contribution in [3.05, 3.63) is 57.5 Å².